The lowest BCUT2D eigenvalue weighted by molar-refractivity contribution is -0.118. The highest BCUT2D eigenvalue weighted by atomic mass is 32.2. The molecule has 2 aromatic carbocycles. The number of carbonyl (C=O) groups is 1. The second kappa shape index (κ2) is 7.20. The van der Waals surface area contributed by atoms with E-state index in [4.69, 9.17) is 0 Å². The molecule has 10 heteroatoms. The third kappa shape index (κ3) is 4.22. The van der Waals surface area contributed by atoms with Crippen molar-refractivity contribution in [3.63, 3.8) is 0 Å². The average molecular weight is 411 g/mol. The van der Waals surface area contributed by atoms with E-state index in [1.165, 1.54) is 23.5 Å². The number of fused-ring (bicyclic) bond motifs is 1. The first kappa shape index (κ1) is 19.2. The highest BCUT2D eigenvalue weighted by Gasteiger charge is 2.17. The lowest BCUT2D eigenvalue weighted by atomic mass is 10.2. The lowest BCUT2D eigenvalue weighted by Gasteiger charge is -2.08. The average Bonchev–Trinajstić information content (AvgIpc) is 2.98. The van der Waals surface area contributed by atoms with Crippen molar-refractivity contribution in [3.05, 3.63) is 48.0 Å². The van der Waals surface area contributed by atoms with Gasteiger partial charge in [0, 0.05) is 5.92 Å². The van der Waals surface area contributed by atoms with E-state index in [-0.39, 0.29) is 17.5 Å². The smallest absolute Gasteiger partial charge is 0.262 e. The van der Waals surface area contributed by atoms with Crippen molar-refractivity contribution in [3.8, 4) is 0 Å². The van der Waals surface area contributed by atoms with Gasteiger partial charge < -0.3 is 5.32 Å². The van der Waals surface area contributed by atoms with Crippen LogP contribution in [-0.4, -0.2) is 19.3 Å². The predicted molar refractivity (Wildman–Crippen MR) is 100 cm³/mol. The van der Waals surface area contributed by atoms with Crippen LogP contribution < -0.4 is 10.0 Å². The maximum Gasteiger partial charge on any atom is 0.262 e. The predicted octanol–water partition coefficient (Wildman–Crippen LogP) is 3.97. The maximum atomic E-state index is 13.3. The summed E-state index contributed by atoms with van der Waals surface area (Å²) in [5, 5.41) is 3.10. The van der Waals surface area contributed by atoms with Crippen LogP contribution in [0.15, 0.2) is 41.3 Å². The van der Waals surface area contributed by atoms with Gasteiger partial charge in [-0.3, -0.25) is 9.52 Å². The molecule has 27 heavy (non-hydrogen) atoms. The molecule has 142 valence electrons. The number of anilines is 2. The second-order valence-corrected chi connectivity index (χ2v) is 8.74. The van der Waals surface area contributed by atoms with E-state index in [1.54, 1.807) is 19.9 Å². The van der Waals surface area contributed by atoms with Crippen molar-refractivity contribution < 1.29 is 22.0 Å². The van der Waals surface area contributed by atoms with Crippen LogP contribution in [0.2, 0.25) is 0 Å². The molecule has 0 atom stereocenters. The molecule has 0 unspecified atom stereocenters. The molecular formula is C17H15F2N3O3S2. The largest absolute Gasteiger partial charge is 0.302 e. The molecule has 0 bridgehead atoms. The summed E-state index contributed by atoms with van der Waals surface area (Å²) in [4.78, 5) is 15.6. The zero-order valence-corrected chi connectivity index (χ0v) is 15.9. The first-order valence-electron chi connectivity index (χ1n) is 7.85. The number of halogens is 2. The number of aromatic nitrogens is 1. The summed E-state index contributed by atoms with van der Waals surface area (Å²) in [5.41, 5.74) is 0.698. The summed E-state index contributed by atoms with van der Waals surface area (Å²) >= 11 is 1.26. The summed E-state index contributed by atoms with van der Waals surface area (Å²) < 4.78 is 54.1. The molecule has 6 nitrogen and oxygen atoms in total. The Labute approximate surface area is 158 Å². The van der Waals surface area contributed by atoms with Gasteiger partial charge in [0.05, 0.1) is 20.8 Å². The van der Waals surface area contributed by atoms with E-state index < -0.39 is 26.6 Å². The number of thiazole rings is 1. The summed E-state index contributed by atoms with van der Waals surface area (Å²) in [6.45, 7) is 3.52. The van der Waals surface area contributed by atoms with Crippen molar-refractivity contribution in [1.82, 2.24) is 4.98 Å². The molecule has 3 aromatic rings. The molecule has 1 amide bonds. The molecule has 1 aromatic heterocycles. The van der Waals surface area contributed by atoms with Crippen molar-refractivity contribution in [1.29, 1.82) is 0 Å². The van der Waals surface area contributed by atoms with Gasteiger partial charge in [-0.2, -0.15) is 0 Å². The lowest BCUT2D eigenvalue weighted by Crippen LogP contribution is -2.17. The van der Waals surface area contributed by atoms with Crippen LogP contribution in [-0.2, 0) is 14.8 Å². The SMILES string of the molecule is CC(C)C(=O)Nc1nc2cc(NS(=O)(=O)c3ccc(F)c(F)c3)ccc2s1. The molecule has 0 aliphatic carbocycles. The standard InChI is InChI=1S/C17H15F2N3O3S2/c1-9(2)16(23)21-17-20-14-7-10(3-6-15(14)26-17)22-27(24,25)11-4-5-12(18)13(19)8-11/h3-9,22H,1-2H3,(H,20,21,23). The summed E-state index contributed by atoms with van der Waals surface area (Å²) in [6, 6.07) is 7.00. The Balaban J connectivity index is 1.86. The van der Waals surface area contributed by atoms with Crippen molar-refractivity contribution >= 4 is 48.3 Å². The molecule has 0 spiro atoms. The van der Waals surface area contributed by atoms with Crippen LogP contribution in [0, 0.1) is 17.6 Å². The molecular weight excluding hydrogens is 396 g/mol. The van der Waals surface area contributed by atoms with E-state index in [1.807, 2.05) is 0 Å². The molecule has 0 aliphatic rings. The fraction of sp³-hybridized carbons (Fsp3) is 0.176. The van der Waals surface area contributed by atoms with Gasteiger partial charge in [0.15, 0.2) is 16.8 Å². The van der Waals surface area contributed by atoms with Crippen LogP contribution >= 0.6 is 11.3 Å². The zero-order chi connectivity index (χ0) is 19.8. The van der Waals surface area contributed by atoms with Gasteiger partial charge in [-0.05, 0) is 36.4 Å². The Bertz CT molecular complexity index is 1130. The fourth-order valence-electron chi connectivity index (χ4n) is 2.15. The number of rotatable bonds is 5. The van der Waals surface area contributed by atoms with E-state index in [9.17, 15) is 22.0 Å². The minimum Gasteiger partial charge on any atom is -0.302 e. The number of hydrogen-bond acceptors (Lipinski definition) is 5. The highest BCUT2D eigenvalue weighted by Crippen LogP contribution is 2.29. The van der Waals surface area contributed by atoms with E-state index in [0.29, 0.717) is 16.7 Å². The summed E-state index contributed by atoms with van der Waals surface area (Å²) in [7, 11) is -4.10. The molecule has 0 saturated heterocycles. The number of nitrogens with one attached hydrogen (secondary N) is 2. The van der Waals surface area contributed by atoms with Gasteiger partial charge in [-0.1, -0.05) is 25.2 Å². The highest BCUT2D eigenvalue weighted by molar-refractivity contribution is 7.92. The topological polar surface area (TPSA) is 88.2 Å². The van der Waals surface area contributed by atoms with Crippen molar-refractivity contribution in [2.45, 2.75) is 18.7 Å². The number of carbonyl (C=O) groups excluding carboxylic acids is 1. The summed E-state index contributed by atoms with van der Waals surface area (Å²) in [6.07, 6.45) is 0. The Morgan fingerprint density at radius 2 is 1.85 bits per heavy atom. The molecule has 1 heterocycles. The Hall–Kier alpha value is -2.59. The Kier molecular flexibility index (Phi) is 5.11. The van der Waals surface area contributed by atoms with Gasteiger partial charge in [0.2, 0.25) is 5.91 Å². The number of amides is 1. The number of nitrogens with zero attached hydrogens (tertiary/aromatic N) is 1. The Morgan fingerprint density at radius 3 is 2.52 bits per heavy atom. The van der Waals surface area contributed by atoms with Gasteiger partial charge >= 0.3 is 0 Å². The first-order valence-corrected chi connectivity index (χ1v) is 10.1. The zero-order valence-electron chi connectivity index (χ0n) is 14.3. The fourth-order valence-corrected chi connectivity index (χ4v) is 4.06. The van der Waals surface area contributed by atoms with Gasteiger partial charge in [-0.15, -0.1) is 0 Å². The van der Waals surface area contributed by atoms with Gasteiger partial charge in [0.1, 0.15) is 0 Å². The number of hydrogen-bond donors (Lipinski definition) is 2. The minimum atomic E-state index is -4.10. The number of benzene rings is 2. The number of sulfonamides is 1. The van der Waals surface area contributed by atoms with Crippen molar-refractivity contribution in [2.24, 2.45) is 5.92 Å². The quantitative estimate of drug-likeness (QED) is 0.665. The minimum absolute atomic E-state index is 0.173. The monoisotopic (exact) mass is 411 g/mol. The molecule has 0 fully saturated rings. The van der Waals surface area contributed by atoms with Crippen LogP contribution in [0.5, 0.6) is 0 Å². The van der Waals surface area contributed by atoms with Crippen LogP contribution in [0.3, 0.4) is 0 Å². The first-order chi connectivity index (χ1) is 12.7. The van der Waals surface area contributed by atoms with Crippen LogP contribution in [0.25, 0.3) is 10.2 Å². The van der Waals surface area contributed by atoms with E-state index >= 15 is 0 Å². The molecule has 0 aliphatic heterocycles. The molecule has 2 N–H and O–H groups in total. The second-order valence-electron chi connectivity index (χ2n) is 6.03. The molecule has 0 radical (unpaired) electrons. The third-order valence-electron chi connectivity index (χ3n) is 3.60. The van der Waals surface area contributed by atoms with E-state index in [2.05, 4.69) is 15.0 Å². The van der Waals surface area contributed by atoms with Crippen molar-refractivity contribution in [2.75, 3.05) is 10.0 Å². The third-order valence-corrected chi connectivity index (χ3v) is 5.93. The van der Waals surface area contributed by atoms with Crippen LogP contribution in [0.4, 0.5) is 19.6 Å². The summed E-state index contributed by atoms with van der Waals surface area (Å²) in [5.74, 6) is -2.75. The van der Waals surface area contributed by atoms with Gasteiger partial charge in [-0.25, -0.2) is 22.2 Å². The Morgan fingerprint density at radius 1 is 1.11 bits per heavy atom. The van der Waals surface area contributed by atoms with E-state index in [0.717, 1.165) is 16.8 Å². The molecule has 3 rings (SSSR count). The molecule has 0 saturated carbocycles. The van der Waals surface area contributed by atoms with Crippen LogP contribution in [0.1, 0.15) is 13.8 Å². The van der Waals surface area contributed by atoms with Gasteiger partial charge in [0.25, 0.3) is 10.0 Å². The maximum absolute atomic E-state index is 13.3. The normalized spacial score (nSPS) is 11.7.